The molecule has 3 aliphatic heterocycles. The van der Waals surface area contributed by atoms with Crippen molar-refractivity contribution in [1.82, 2.24) is 20.4 Å². The summed E-state index contributed by atoms with van der Waals surface area (Å²) in [5.74, 6) is -1.86. The molecule has 4 aliphatic rings. The summed E-state index contributed by atoms with van der Waals surface area (Å²) in [6, 6.07) is 13.5. The molecule has 3 heterocycles. The number of carbonyl (C=O) groups is 5. The highest BCUT2D eigenvalue weighted by atomic mass is 35.5. The SMILES string of the molecule is C=C/C=C(C#N)\C(Cl)=C/COC1C(C)(C)C(NC(=O)c2ccc(N3CCN(CCCCCOc4ccc5c(c4)C(=O)N(C4CCC(=O)NC4=O)C5=O)[C@H](CCO)C3)cc2)C1(C)C. The fraction of sp³-hybridized carbons (Fsp3) is 0.489. The topological polar surface area (TPSA) is 182 Å². The van der Waals surface area contributed by atoms with Crippen molar-refractivity contribution in [2.24, 2.45) is 10.8 Å². The van der Waals surface area contributed by atoms with Crippen LogP contribution in [0, 0.1) is 22.2 Å². The minimum Gasteiger partial charge on any atom is -0.494 e. The number of aliphatic hydroxyl groups is 1. The molecule has 15 heteroatoms. The van der Waals surface area contributed by atoms with Gasteiger partial charge in [-0.1, -0.05) is 52.0 Å². The van der Waals surface area contributed by atoms with E-state index in [-0.39, 0.29) is 72.1 Å². The standard InChI is InChI=1S/C47H57ClN6O8/c1-6-10-31(28-49)37(48)20-26-62-45-46(2,3)44(47(45,4)5)51-40(57)30-11-13-32(14-12-30)53-23-22-52(33(29-53)19-24-55)21-8-7-9-25-61-34-15-16-35-36(27-34)43(60)54(42(35)59)38-17-18-39(56)50-41(38)58/h6,10-16,20,27,33,38,44-45,55H,1,7-9,17-19,21-26,29H2,2-5H3,(H,51,57)(H,50,56,58)/b31-10-,37-20+/t33-,38?,44?,45?/m1/s1. The number of nitrogens with one attached hydrogen (secondary N) is 2. The Morgan fingerprint density at radius 3 is 2.44 bits per heavy atom. The first kappa shape index (κ1) is 46.2. The summed E-state index contributed by atoms with van der Waals surface area (Å²) in [7, 11) is 0. The molecule has 1 unspecified atom stereocenters. The molecule has 0 radical (unpaired) electrons. The van der Waals surface area contributed by atoms with Gasteiger partial charge in [0.25, 0.3) is 17.7 Å². The van der Waals surface area contributed by atoms with Crippen LogP contribution in [0.1, 0.15) is 97.3 Å². The van der Waals surface area contributed by atoms with E-state index in [0.29, 0.717) is 34.9 Å². The molecule has 6 rings (SSSR count). The third-order valence-corrected chi connectivity index (χ3v) is 13.0. The first-order valence-corrected chi connectivity index (χ1v) is 21.7. The number of imide groups is 2. The van der Waals surface area contributed by atoms with Gasteiger partial charge in [-0.3, -0.25) is 39.1 Å². The number of halogens is 1. The van der Waals surface area contributed by atoms with Gasteiger partial charge in [-0.15, -0.1) is 0 Å². The number of rotatable bonds is 18. The summed E-state index contributed by atoms with van der Waals surface area (Å²) >= 11 is 6.29. The predicted octanol–water partition coefficient (Wildman–Crippen LogP) is 5.52. The average Bonchev–Trinajstić information content (AvgIpc) is 3.49. The number of carbonyl (C=O) groups excluding carboxylic acids is 5. The van der Waals surface area contributed by atoms with Gasteiger partial charge in [0, 0.05) is 66.8 Å². The van der Waals surface area contributed by atoms with Crippen LogP contribution in [0.4, 0.5) is 5.69 Å². The van der Waals surface area contributed by atoms with Crippen molar-refractivity contribution in [2.45, 2.75) is 90.4 Å². The molecule has 0 spiro atoms. The highest BCUT2D eigenvalue weighted by Gasteiger charge is 2.63. The van der Waals surface area contributed by atoms with Crippen LogP contribution in [0.5, 0.6) is 5.75 Å². The number of hydrogen-bond acceptors (Lipinski definition) is 11. The van der Waals surface area contributed by atoms with E-state index < -0.39 is 29.7 Å². The number of anilines is 1. The maximum Gasteiger partial charge on any atom is 0.262 e. The number of aliphatic hydroxyl groups excluding tert-OH is 1. The van der Waals surface area contributed by atoms with Crippen LogP contribution in [-0.4, -0.2) is 115 Å². The molecule has 1 aliphatic carbocycles. The molecule has 14 nitrogen and oxygen atoms in total. The number of nitrogens with zero attached hydrogens (tertiary/aromatic N) is 4. The highest BCUT2D eigenvalue weighted by Crippen LogP contribution is 2.55. The van der Waals surface area contributed by atoms with Crippen molar-refractivity contribution in [1.29, 1.82) is 5.26 Å². The Hall–Kier alpha value is -5.33. The van der Waals surface area contributed by atoms with Crippen LogP contribution in [0.2, 0.25) is 0 Å². The molecule has 3 fully saturated rings. The van der Waals surface area contributed by atoms with Gasteiger partial charge in [0.2, 0.25) is 11.8 Å². The predicted molar refractivity (Wildman–Crippen MR) is 235 cm³/mol. The molecule has 330 valence electrons. The zero-order valence-electron chi connectivity index (χ0n) is 36.0. The second-order valence-electron chi connectivity index (χ2n) is 17.5. The third-order valence-electron chi connectivity index (χ3n) is 12.6. The Balaban J connectivity index is 0.933. The molecule has 0 aromatic heterocycles. The fourth-order valence-corrected chi connectivity index (χ4v) is 9.92. The molecule has 62 heavy (non-hydrogen) atoms. The van der Waals surface area contributed by atoms with E-state index in [1.54, 1.807) is 30.4 Å². The number of piperazine rings is 1. The van der Waals surface area contributed by atoms with Crippen molar-refractivity contribution in [2.75, 3.05) is 50.9 Å². The molecule has 2 atom stereocenters. The summed E-state index contributed by atoms with van der Waals surface area (Å²) in [5, 5.41) is 25.0. The number of fused-ring (bicyclic) bond motifs is 1. The minimum atomic E-state index is -1.01. The first-order chi connectivity index (χ1) is 29.6. The van der Waals surface area contributed by atoms with E-state index in [9.17, 15) is 34.3 Å². The number of unbranched alkanes of at least 4 members (excludes halogenated alkanes) is 2. The first-order valence-electron chi connectivity index (χ1n) is 21.3. The fourth-order valence-electron chi connectivity index (χ4n) is 9.75. The van der Waals surface area contributed by atoms with Crippen molar-refractivity contribution in [3.05, 3.63) is 94.6 Å². The van der Waals surface area contributed by atoms with Gasteiger partial charge in [-0.25, -0.2) is 0 Å². The second-order valence-corrected chi connectivity index (χ2v) is 17.9. The van der Waals surface area contributed by atoms with Crippen LogP contribution >= 0.6 is 11.6 Å². The Kier molecular flexibility index (Phi) is 14.7. The molecule has 1 saturated carbocycles. The number of piperidine rings is 1. The van der Waals surface area contributed by atoms with Crippen molar-refractivity contribution in [3.8, 4) is 11.8 Å². The molecule has 3 N–H and O–H groups in total. The summed E-state index contributed by atoms with van der Waals surface area (Å²) < 4.78 is 12.2. The molecule has 2 aromatic carbocycles. The van der Waals surface area contributed by atoms with E-state index in [0.717, 1.165) is 56.0 Å². The van der Waals surface area contributed by atoms with Crippen molar-refractivity contribution in [3.63, 3.8) is 0 Å². The third kappa shape index (κ3) is 9.81. The number of nitriles is 1. The number of amides is 5. The van der Waals surface area contributed by atoms with E-state index in [1.807, 2.05) is 24.3 Å². The van der Waals surface area contributed by atoms with E-state index in [4.69, 9.17) is 21.1 Å². The zero-order chi connectivity index (χ0) is 44.8. The van der Waals surface area contributed by atoms with Crippen LogP contribution in [0.3, 0.4) is 0 Å². The van der Waals surface area contributed by atoms with Gasteiger partial charge < -0.3 is 24.8 Å². The van der Waals surface area contributed by atoms with Gasteiger partial charge in [-0.05, 0) is 93.3 Å². The monoisotopic (exact) mass is 868 g/mol. The summed E-state index contributed by atoms with van der Waals surface area (Å²) in [5.41, 5.74) is 1.60. The van der Waals surface area contributed by atoms with Gasteiger partial charge >= 0.3 is 0 Å². The van der Waals surface area contributed by atoms with E-state index in [2.05, 4.69) is 60.8 Å². The normalized spacial score (nSPS) is 23.6. The Morgan fingerprint density at radius 2 is 1.76 bits per heavy atom. The van der Waals surface area contributed by atoms with Crippen molar-refractivity contribution >= 4 is 46.8 Å². The van der Waals surface area contributed by atoms with Gasteiger partial charge in [0.1, 0.15) is 17.9 Å². The highest BCUT2D eigenvalue weighted by molar-refractivity contribution is 6.32. The lowest BCUT2D eigenvalue weighted by molar-refractivity contribution is -0.203. The number of ether oxygens (including phenoxy) is 2. The lowest BCUT2D eigenvalue weighted by Gasteiger charge is -2.63. The maximum absolute atomic E-state index is 13.5. The lowest BCUT2D eigenvalue weighted by atomic mass is 9.49. The molecule has 2 saturated heterocycles. The smallest absolute Gasteiger partial charge is 0.262 e. The Labute approximate surface area is 368 Å². The average molecular weight is 869 g/mol. The Bertz CT molecular complexity index is 2140. The van der Waals surface area contributed by atoms with E-state index in [1.165, 1.54) is 6.08 Å². The zero-order valence-corrected chi connectivity index (χ0v) is 36.7. The van der Waals surface area contributed by atoms with E-state index >= 15 is 0 Å². The number of benzene rings is 2. The molecular weight excluding hydrogens is 812 g/mol. The van der Waals surface area contributed by atoms with Gasteiger partial charge in [0.15, 0.2) is 0 Å². The lowest BCUT2D eigenvalue weighted by Crippen LogP contribution is -2.73. The summed E-state index contributed by atoms with van der Waals surface area (Å²) in [4.78, 5) is 69.3. The quantitative estimate of drug-likeness (QED) is 0.0743. The number of allylic oxidation sites excluding steroid dienone is 4. The van der Waals surface area contributed by atoms with Gasteiger partial charge in [0.05, 0.1) is 41.1 Å². The minimum absolute atomic E-state index is 0.0621. The van der Waals surface area contributed by atoms with Crippen LogP contribution < -0.4 is 20.3 Å². The molecule has 2 aromatic rings. The summed E-state index contributed by atoms with van der Waals surface area (Å²) in [6.45, 7) is 15.9. The second kappa shape index (κ2) is 19.8. The largest absolute Gasteiger partial charge is 0.494 e. The van der Waals surface area contributed by atoms with Crippen LogP contribution in [0.15, 0.2) is 77.9 Å². The summed E-state index contributed by atoms with van der Waals surface area (Å²) in [6.07, 6.45) is 8.02. The Morgan fingerprint density at radius 1 is 1.03 bits per heavy atom. The van der Waals surface area contributed by atoms with Crippen LogP contribution in [0.25, 0.3) is 0 Å². The van der Waals surface area contributed by atoms with Crippen LogP contribution in [-0.2, 0) is 14.3 Å². The molecule has 0 bridgehead atoms. The number of hydrogen-bond donors (Lipinski definition) is 3. The van der Waals surface area contributed by atoms with Crippen molar-refractivity contribution < 1.29 is 38.6 Å². The van der Waals surface area contributed by atoms with Gasteiger partial charge in [-0.2, -0.15) is 5.26 Å². The molecule has 5 amide bonds. The maximum atomic E-state index is 13.5. The molecular formula is C47H57ClN6O8.